The molecule has 2 aromatic rings. The van der Waals surface area contributed by atoms with Crippen molar-refractivity contribution < 1.29 is 9.59 Å². The maximum atomic E-state index is 13.0. The number of rotatable bonds is 4. The Balaban J connectivity index is 1.89. The van der Waals surface area contributed by atoms with E-state index in [-0.39, 0.29) is 11.8 Å². The summed E-state index contributed by atoms with van der Waals surface area (Å²) >= 11 is 0. The summed E-state index contributed by atoms with van der Waals surface area (Å²) in [5, 5.41) is 0. The Hall–Kier alpha value is -2.69. The van der Waals surface area contributed by atoms with Crippen molar-refractivity contribution in [3.05, 3.63) is 59.4 Å². The van der Waals surface area contributed by atoms with Crippen LogP contribution in [-0.4, -0.2) is 41.3 Å². The second-order valence-electron chi connectivity index (χ2n) is 6.10. The molecule has 0 bridgehead atoms. The maximum Gasteiger partial charge on any atom is 0.272 e. The first-order chi connectivity index (χ1) is 12.2. The molecule has 25 heavy (non-hydrogen) atoms. The highest BCUT2D eigenvalue weighted by Gasteiger charge is 2.24. The van der Waals surface area contributed by atoms with Crippen LogP contribution in [0.5, 0.6) is 0 Å². The number of fused-ring (bicyclic) bond motifs is 1. The van der Waals surface area contributed by atoms with Crippen molar-refractivity contribution in [1.29, 1.82) is 0 Å². The van der Waals surface area contributed by atoms with Crippen molar-refractivity contribution >= 4 is 17.5 Å². The van der Waals surface area contributed by atoms with E-state index >= 15 is 0 Å². The Bertz CT molecular complexity index is 784. The van der Waals surface area contributed by atoms with Gasteiger partial charge in [0.25, 0.3) is 11.8 Å². The van der Waals surface area contributed by atoms with Gasteiger partial charge >= 0.3 is 0 Å². The van der Waals surface area contributed by atoms with Gasteiger partial charge in [0, 0.05) is 37.1 Å². The minimum Gasteiger partial charge on any atom is -0.338 e. The highest BCUT2D eigenvalue weighted by molar-refractivity contribution is 6.07. The van der Waals surface area contributed by atoms with Gasteiger partial charge in [-0.25, -0.2) is 0 Å². The molecule has 2 heterocycles. The summed E-state index contributed by atoms with van der Waals surface area (Å²) < 4.78 is 0. The van der Waals surface area contributed by atoms with Gasteiger partial charge in [0.1, 0.15) is 5.69 Å². The number of pyridine rings is 1. The fourth-order valence-electron chi connectivity index (χ4n) is 3.25. The third-order valence-corrected chi connectivity index (χ3v) is 4.63. The summed E-state index contributed by atoms with van der Waals surface area (Å²) in [6.07, 6.45) is 3.47. The average molecular weight is 337 g/mol. The van der Waals surface area contributed by atoms with Crippen LogP contribution in [0.25, 0.3) is 0 Å². The van der Waals surface area contributed by atoms with Gasteiger partial charge in [-0.3, -0.25) is 14.6 Å². The predicted octanol–water partition coefficient (Wildman–Crippen LogP) is 3.16. The van der Waals surface area contributed by atoms with Crippen molar-refractivity contribution in [1.82, 2.24) is 9.88 Å². The average Bonchev–Trinajstić information content (AvgIpc) is 2.68. The number of anilines is 1. The topological polar surface area (TPSA) is 53.5 Å². The first-order valence-corrected chi connectivity index (χ1v) is 8.80. The number of benzene rings is 1. The molecule has 0 saturated heterocycles. The summed E-state index contributed by atoms with van der Waals surface area (Å²) in [6, 6.07) is 11.3. The van der Waals surface area contributed by atoms with Crippen LogP contribution in [-0.2, 0) is 6.42 Å². The summed E-state index contributed by atoms with van der Waals surface area (Å²) in [7, 11) is 0. The molecular weight excluding hydrogens is 314 g/mol. The predicted molar refractivity (Wildman–Crippen MR) is 97.9 cm³/mol. The second kappa shape index (κ2) is 7.47. The summed E-state index contributed by atoms with van der Waals surface area (Å²) in [5.41, 5.74) is 2.98. The lowest BCUT2D eigenvalue weighted by molar-refractivity contribution is 0.0767. The molecule has 1 aromatic heterocycles. The molecule has 0 radical (unpaired) electrons. The standard InChI is InChI=1S/C20H23N3O2/c1-3-22(4-2)20(25)17-14-16(11-12-21-17)19(24)23-13-7-9-15-8-5-6-10-18(15)23/h5-6,8,10-12,14H,3-4,7,9,13H2,1-2H3. The molecule has 5 heteroatoms. The van der Waals surface area contributed by atoms with Crippen LogP contribution < -0.4 is 4.90 Å². The lowest BCUT2D eigenvalue weighted by Gasteiger charge is -2.29. The molecule has 0 aliphatic carbocycles. The zero-order valence-electron chi connectivity index (χ0n) is 14.7. The van der Waals surface area contributed by atoms with E-state index in [1.165, 1.54) is 5.56 Å². The number of carbonyl (C=O) groups is 2. The molecule has 0 spiro atoms. The molecule has 2 amide bonds. The number of carbonyl (C=O) groups excluding carboxylic acids is 2. The maximum absolute atomic E-state index is 13.0. The van der Waals surface area contributed by atoms with Crippen molar-refractivity contribution in [2.24, 2.45) is 0 Å². The van der Waals surface area contributed by atoms with Crippen molar-refractivity contribution in [3.8, 4) is 0 Å². The highest BCUT2D eigenvalue weighted by Crippen LogP contribution is 2.28. The number of amides is 2. The van der Waals surface area contributed by atoms with Gasteiger partial charge in [0.2, 0.25) is 0 Å². The van der Waals surface area contributed by atoms with Gasteiger partial charge in [-0.15, -0.1) is 0 Å². The minimum absolute atomic E-state index is 0.0804. The van der Waals surface area contributed by atoms with E-state index in [0.29, 0.717) is 30.9 Å². The fourth-order valence-corrected chi connectivity index (χ4v) is 3.25. The summed E-state index contributed by atoms with van der Waals surface area (Å²) in [5.74, 6) is -0.221. The first kappa shape index (κ1) is 17.1. The summed E-state index contributed by atoms with van der Waals surface area (Å²) in [4.78, 5) is 33.2. The Morgan fingerprint density at radius 2 is 1.92 bits per heavy atom. The van der Waals surface area contributed by atoms with E-state index in [0.717, 1.165) is 18.5 Å². The SMILES string of the molecule is CCN(CC)C(=O)c1cc(C(=O)N2CCCc3ccccc32)ccn1. The van der Waals surface area contributed by atoms with Crippen LogP contribution in [0, 0.1) is 0 Å². The molecule has 0 atom stereocenters. The van der Waals surface area contributed by atoms with E-state index in [9.17, 15) is 9.59 Å². The molecule has 5 nitrogen and oxygen atoms in total. The lowest BCUT2D eigenvalue weighted by Crippen LogP contribution is -2.36. The molecular formula is C20H23N3O2. The van der Waals surface area contributed by atoms with E-state index < -0.39 is 0 Å². The lowest BCUT2D eigenvalue weighted by atomic mass is 10.0. The third kappa shape index (κ3) is 3.40. The molecule has 1 aliphatic rings. The van der Waals surface area contributed by atoms with Crippen molar-refractivity contribution in [2.45, 2.75) is 26.7 Å². The van der Waals surface area contributed by atoms with Crippen LogP contribution in [0.2, 0.25) is 0 Å². The second-order valence-corrected chi connectivity index (χ2v) is 6.10. The molecule has 0 N–H and O–H groups in total. The van der Waals surface area contributed by atoms with Crippen LogP contribution in [0.15, 0.2) is 42.6 Å². The van der Waals surface area contributed by atoms with Crippen molar-refractivity contribution in [2.75, 3.05) is 24.5 Å². The van der Waals surface area contributed by atoms with E-state index in [1.807, 2.05) is 32.0 Å². The Morgan fingerprint density at radius 1 is 1.16 bits per heavy atom. The third-order valence-electron chi connectivity index (χ3n) is 4.63. The van der Waals surface area contributed by atoms with Gasteiger partial charge < -0.3 is 9.80 Å². The molecule has 0 saturated carbocycles. The fraction of sp³-hybridized carbons (Fsp3) is 0.350. The number of aromatic nitrogens is 1. The molecule has 1 aromatic carbocycles. The number of nitrogens with zero attached hydrogens (tertiary/aromatic N) is 3. The number of hydrogen-bond donors (Lipinski definition) is 0. The zero-order valence-corrected chi connectivity index (χ0v) is 14.7. The van der Waals surface area contributed by atoms with Gasteiger partial charge in [0.05, 0.1) is 0 Å². The highest BCUT2D eigenvalue weighted by atomic mass is 16.2. The molecule has 3 rings (SSSR count). The normalized spacial score (nSPS) is 13.3. The minimum atomic E-state index is -0.140. The van der Waals surface area contributed by atoms with Gasteiger partial charge in [0.15, 0.2) is 0 Å². The number of hydrogen-bond acceptors (Lipinski definition) is 3. The van der Waals surface area contributed by atoms with Crippen molar-refractivity contribution in [3.63, 3.8) is 0 Å². The molecule has 0 fully saturated rings. The smallest absolute Gasteiger partial charge is 0.272 e. The summed E-state index contributed by atoms with van der Waals surface area (Å²) in [6.45, 7) is 5.79. The Morgan fingerprint density at radius 3 is 2.68 bits per heavy atom. The van der Waals surface area contributed by atoms with Crippen LogP contribution in [0.3, 0.4) is 0 Å². The molecule has 0 unspecified atom stereocenters. The van der Waals surface area contributed by atoms with Gasteiger partial charge in [-0.05, 0) is 50.5 Å². The van der Waals surface area contributed by atoms with Crippen LogP contribution in [0.4, 0.5) is 5.69 Å². The largest absolute Gasteiger partial charge is 0.338 e. The number of aryl methyl sites for hydroxylation is 1. The first-order valence-electron chi connectivity index (χ1n) is 8.80. The Kier molecular flexibility index (Phi) is 5.12. The quantitative estimate of drug-likeness (QED) is 0.861. The molecule has 130 valence electrons. The number of para-hydroxylation sites is 1. The van der Waals surface area contributed by atoms with Gasteiger partial charge in [-0.2, -0.15) is 0 Å². The van der Waals surface area contributed by atoms with E-state index in [1.54, 1.807) is 28.1 Å². The van der Waals surface area contributed by atoms with E-state index in [2.05, 4.69) is 11.1 Å². The van der Waals surface area contributed by atoms with Crippen LogP contribution >= 0.6 is 0 Å². The molecule has 1 aliphatic heterocycles. The van der Waals surface area contributed by atoms with E-state index in [4.69, 9.17) is 0 Å². The Labute approximate surface area is 148 Å². The zero-order chi connectivity index (χ0) is 17.8. The van der Waals surface area contributed by atoms with Crippen LogP contribution in [0.1, 0.15) is 46.7 Å². The van der Waals surface area contributed by atoms with Gasteiger partial charge in [-0.1, -0.05) is 18.2 Å². The monoisotopic (exact) mass is 337 g/mol.